The second kappa shape index (κ2) is 6.36. The second-order valence-electron chi connectivity index (χ2n) is 6.59. The number of hydrogen-bond donors (Lipinski definition) is 1. The first kappa shape index (κ1) is 15.7. The maximum absolute atomic E-state index is 3.92. The van der Waals surface area contributed by atoms with Gasteiger partial charge in [-0.05, 0) is 44.3 Å². The van der Waals surface area contributed by atoms with Gasteiger partial charge < -0.3 is 5.32 Å². The molecule has 2 nitrogen and oxygen atoms in total. The average molecular weight is 285 g/mol. The molecule has 2 aliphatic rings. The van der Waals surface area contributed by atoms with Gasteiger partial charge in [-0.3, -0.25) is 4.90 Å². The summed E-state index contributed by atoms with van der Waals surface area (Å²) in [6.07, 6.45) is 5.39. The molecule has 0 spiro atoms. The van der Waals surface area contributed by atoms with E-state index in [0.717, 1.165) is 5.92 Å². The highest BCUT2D eigenvalue weighted by molar-refractivity contribution is 7.99. The van der Waals surface area contributed by atoms with Crippen LogP contribution in [-0.4, -0.2) is 47.1 Å². The fourth-order valence-electron chi connectivity index (χ4n) is 3.57. The first-order chi connectivity index (χ1) is 9.10. The Kier molecular flexibility index (Phi) is 5.24. The Balaban J connectivity index is 2.04. The summed E-state index contributed by atoms with van der Waals surface area (Å²) < 4.78 is 0. The van der Waals surface area contributed by atoms with Crippen LogP contribution in [0.25, 0.3) is 0 Å². The molecule has 1 N–H and O–H groups in total. The van der Waals surface area contributed by atoms with Crippen molar-refractivity contribution in [3.8, 4) is 0 Å². The molecule has 1 aliphatic heterocycles. The van der Waals surface area contributed by atoms with Gasteiger partial charge in [-0.2, -0.15) is 11.8 Å². The molecule has 1 saturated carbocycles. The Morgan fingerprint density at radius 2 is 1.89 bits per heavy atom. The molecule has 1 aliphatic carbocycles. The minimum atomic E-state index is 0.366. The molecule has 1 unspecified atom stereocenters. The maximum atomic E-state index is 3.92. The molecule has 19 heavy (non-hydrogen) atoms. The lowest BCUT2D eigenvalue weighted by Crippen LogP contribution is -2.69. The largest absolute Gasteiger partial charge is 0.308 e. The molecule has 112 valence electrons. The number of nitrogens with one attached hydrogen (secondary N) is 1. The molecule has 0 bridgehead atoms. The third-order valence-corrected chi connectivity index (χ3v) is 6.44. The monoisotopic (exact) mass is 284 g/mol. The van der Waals surface area contributed by atoms with Gasteiger partial charge >= 0.3 is 0 Å². The predicted octanol–water partition coefficient (Wildman–Crippen LogP) is 3.37. The molecule has 0 amide bonds. The van der Waals surface area contributed by atoms with Crippen molar-refractivity contribution in [3.63, 3.8) is 0 Å². The van der Waals surface area contributed by atoms with E-state index in [1.807, 2.05) is 0 Å². The van der Waals surface area contributed by atoms with Crippen LogP contribution in [0, 0.1) is 5.92 Å². The summed E-state index contributed by atoms with van der Waals surface area (Å²) in [5, 5.41) is 3.92. The van der Waals surface area contributed by atoms with E-state index in [4.69, 9.17) is 0 Å². The zero-order valence-corrected chi connectivity index (χ0v) is 14.1. The molecular formula is C16H32N2S. The SMILES string of the molecule is CCSCCN1CC(CC)(CC)NCC1(C)C1CC1. The molecule has 1 heterocycles. The molecular weight excluding hydrogens is 252 g/mol. The molecule has 1 saturated heterocycles. The molecule has 2 rings (SSSR count). The van der Waals surface area contributed by atoms with Gasteiger partial charge in [0.25, 0.3) is 0 Å². The van der Waals surface area contributed by atoms with E-state index in [-0.39, 0.29) is 0 Å². The van der Waals surface area contributed by atoms with Crippen molar-refractivity contribution in [3.05, 3.63) is 0 Å². The van der Waals surface area contributed by atoms with Crippen molar-refractivity contribution < 1.29 is 0 Å². The number of thioether (sulfide) groups is 1. The highest BCUT2D eigenvalue weighted by Gasteiger charge is 2.50. The summed E-state index contributed by atoms with van der Waals surface area (Å²) in [5.41, 5.74) is 0.785. The average Bonchev–Trinajstić information content (AvgIpc) is 3.26. The lowest BCUT2D eigenvalue weighted by Gasteiger charge is -2.54. The van der Waals surface area contributed by atoms with Crippen LogP contribution < -0.4 is 5.32 Å². The zero-order chi connectivity index (χ0) is 13.9. The van der Waals surface area contributed by atoms with Crippen LogP contribution in [0.2, 0.25) is 0 Å². The van der Waals surface area contributed by atoms with E-state index in [1.165, 1.54) is 56.8 Å². The Morgan fingerprint density at radius 1 is 1.21 bits per heavy atom. The van der Waals surface area contributed by atoms with Crippen LogP contribution in [0.3, 0.4) is 0 Å². The van der Waals surface area contributed by atoms with E-state index in [9.17, 15) is 0 Å². The number of rotatable bonds is 7. The van der Waals surface area contributed by atoms with E-state index in [1.54, 1.807) is 0 Å². The quantitative estimate of drug-likeness (QED) is 0.722. The van der Waals surface area contributed by atoms with E-state index < -0.39 is 0 Å². The normalized spacial score (nSPS) is 31.6. The number of nitrogens with zero attached hydrogens (tertiary/aromatic N) is 1. The van der Waals surface area contributed by atoms with Crippen molar-refractivity contribution in [1.29, 1.82) is 0 Å². The third-order valence-electron chi connectivity index (χ3n) is 5.56. The number of piperazine rings is 1. The summed E-state index contributed by atoms with van der Waals surface area (Å²) in [4.78, 5) is 2.83. The van der Waals surface area contributed by atoms with Gasteiger partial charge in [0, 0.05) is 36.5 Å². The molecule has 0 aromatic carbocycles. The van der Waals surface area contributed by atoms with Crippen molar-refractivity contribution in [2.75, 3.05) is 31.1 Å². The van der Waals surface area contributed by atoms with Crippen LogP contribution in [-0.2, 0) is 0 Å². The van der Waals surface area contributed by atoms with Gasteiger partial charge in [-0.1, -0.05) is 20.8 Å². The van der Waals surface area contributed by atoms with Crippen molar-refractivity contribution in [2.45, 2.75) is 64.5 Å². The summed E-state index contributed by atoms with van der Waals surface area (Å²) in [6.45, 7) is 13.2. The van der Waals surface area contributed by atoms with Crippen molar-refractivity contribution >= 4 is 11.8 Å². The molecule has 2 fully saturated rings. The van der Waals surface area contributed by atoms with E-state index in [2.05, 4.69) is 49.7 Å². The molecule has 1 atom stereocenters. The van der Waals surface area contributed by atoms with Gasteiger partial charge in [0.2, 0.25) is 0 Å². The molecule has 3 heteroatoms. The minimum absolute atomic E-state index is 0.366. The summed E-state index contributed by atoms with van der Waals surface area (Å²) in [6, 6.07) is 0. The van der Waals surface area contributed by atoms with Crippen LogP contribution in [0.15, 0.2) is 0 Å². The minimum Gasteiger partial charge on any atom is -0.308 e. The maximum Gasteiger partial charge on any atom is 0.0335 e. The topological polar surface area (TPSA) is 15.3 Å². The summed E-state index contributed by atoms with van der Waals surface area (Å²) in [5.74, 6) is 3.49. The number of hydrogen-bond acceptors (Lipinski definition) is 3. The zero-order valence-electron chi connectivity index (χ0n) is 13.3. The van der Waals surface area contributed by atoms with Crippen molar-refractivity contribution in [1.82, 2.24) is 10.2 Å². The highest BCUT2D eigenvalue weighted by atomic mass is 32.2. The fourth-order valence-corrected chi connectivity index (χ4v) is 4.20. The first-order valence-corrected chi connectivity index (χ1v) is 9.33. The Labute approximate surface area is 124 Å². The van der Waals surface area contributed by atoms with Crippen molar-refractivity contribution in [2.24, 2.45) is 5.92 Å². The third kappa shape index (κ3) is 3.30. The Bertz CT molecular complexity index is 286. The van der Waals surface area contributed by atoms with Gasteiger partial charge in [0.05, 0.1) is 0 Å². The Hall–Kier alpha value is 0.270. The lowest BCUT2D eigenvalue weighted by molar-refractivity contribution is 0.00275. The van der Waals surface area contributed by atoms with Crippen LogP contribution >= 0.6 is 11.8 Å². The lowest BCUT2D eigenvalue weighted by atomic mass is 9.82. The van der Waals surface area contributed by atoms with Crippen LogP contribution in [0.5, 0.6) is 0 Å². The standard InChI is InChI=1S/C16H32N2S/c1-5-16(6-2)13-18(10-11-19-7-3)15(4,12-17-16)14-8-9-14/h14,17H,5-13H2,1-4H3. The van der Waals surface area contributed by atoms with Gasteiger partial charge in [-0.25, -0.2) is 0 Å². The first-order valence-electron chi connectivity index (χ1n) is 8.18. The van der Waals surface area contributed by atoms with Crippen LogP contribution in [0.4, 0.5) is 0 Å². The fraction of sp³-hybridized carbons (Fsp3) is 1.00. The summed E-state index contributed by atoms with van der Waals surface area (Å²) >= 11 is 2.09. The summed E-state index contributed by atoms with van der Waals surface area (Å²) in [7, 11) is 0. The van der Waals surface area contributed by atoms with Gasteiger partial charge in [-0.15, -0.1) is 0 Å². The predicted molar refractivity (Wildman–Crippen MR) is 87.0 cm³/mol. The highest BCUT2D eigenvalue weighted by Crippen LogP contribution is 2.45. The Morgan fingerprint density at radius 3 is 2.42 bits per heavy atom. The second-order valence-corrected chi connectivity index (χ2v) is 7.98. The smallest absolute Gasteiger partial charge is 0.0335 e. The molecule has 0 radical (unpaired) electrons. The van der Waals surface area contributed by atoms with Gasteiger partial charge in [0.15, 0.2) is 0 Å². The molecule has 0 aromatic heterocycles. The van der Waals surface area contributed by atoms with E-state index in [0.29, 0.717) is 11.1 Å². The van der Waals surface area contributed by atoms with Crippen LogP contribution in [0.1, 0.15) is 53.4 Å². The van der Waals surface area contributed by atoms with E-state index >= 15 is 0 Å². The van der Waals surface area contributed by atoms with Gasteiger partial charge in [0.1, 0.15) is 0 Å². The molecule has 0 aromatic rings.